The van der Waals surface area contributed by atoms with E-state index in [1.165, 1.54) is 17.0 Å². The van der Waals surface area contributed by atoms with E-state index in [9.17, 15) is 14.0 Å². The van der Waals surface area contributed by atoms with Gasteiger partial charge in [-0.25, -0.2) is 4.39 Å². The van der Waals surface area contributed by atoms with Crippen LogP contribution in [0.1, 0.15) is 17.8 Å². The van der Waals surface area contributed by atoms with Crippen molar-refractivity contribution in [1.29, 1.82) is 0 Å². The van der Waals surface area contributed by atoms with Crippen molar-refractivity contribution in [2.75, 3.05) is 23.9 Å². The van der Waals surface area contributed by atoms with Crippen molar-refractivity contribution in [3.8, 4) is 11.4 Å². The smallest absolute Gasteiger partial charge is 0.229 e. The van der Waals surface area contributed by atoms with Gasteiger partial charge in [-0.1, -0.05) is 0 Å². The summed E-state index contributed by atoms with van der Waals surface area (Å²) in [5.41, 5.74) is 4.08. The van der Waals surface area contributed by atoms with Crippen molar-refractivity contribution in [1.82, 2.24) is 4.57 Å². The van der Waals surface area contributed by atoms with Crippen LogP contribution >= 0.6 is 0 Å². The van der Waals surface area contributed by atoms with Crippen LogP contribution in [-0.2, 0) is 9.59 Å². The molecular formula is C24H24FN3O3. The highest BCUT2D eigenvalue weighted by Crippen LogP contribution is 2.31. The monoisotopic (exact) mass is 421 g/mol. The van der Waals surface area contributed by atoms with E-state index in [1.807, 2.05) is 36.6 Å². The summed E-state index contributed by atoms with van der Waals surface area (Å²) >= 11 is 0. The number of nitrogens with one attached hydrogen (secondary N) is 1. The molecule has 2 aromatic carbocycles. The van der Waals surface area contributed by atoms with E-state index in [0.717, 1.165) is 17.1 Å². The molecule has 1 aliphatic heterocycles. The van der Waals surface area contributed by atoms with Crippen LogP contribution in [0.4, 0.5) is 15.8 Å². The van der Waals surface area contributed by atoms with Gasteiger partial charge >= 0.3 is 0 Å². The molecule has 1 N–H and O–H groups in total. The minimum Gasteiger partial charge on any atom is -0.497 e. The molecule has 1 fully saturated rings. The molecule has 0 radical (unpaired) electrons. The van der Waals surface area contributed by atoms with Gasteiger partial charge in [-0.05, 0) is 62.4 Å². The van der Waals surface area contributed by atoms with Crippen LogP contribution in [0.3, 0.4) is 0 Å². The number of benzene rings is 2. The molecule has 6 nitrogen and oxygen atoms in total. The number of anilines is 2. The molecule has 4 rings (SSSR count). The molecule has 7 heteroatoms. The number of rotatable bonds is 5. The van der Waals surface area contributed by atoms with Crippen LogP contribution in [0, 0.1) is 25.6 Å². The lowest BCUT2D eigenvalue weighted by atomic mass is 10.1. The summed E-state index contributed by atoms with van der Waals surface area (Å²) in [6.45, 7) is 4.24. The maximum Gasteiger partial charge on any atom is 0.229 e. The number of hydrogen-bond donors (Lipinski definition) is 1. The fraction of sp³-hybridized carbons (Fsp3) is 0.250. The Labute approximate surface area is 180 Å². The van der Waals surface area contributed by atoms with E-state index in [1.54, 1.807) is 31.4 Å². The van der Waals surface area contributed by atoms with Crippen molar-refractivity contribution in [3.05, 3.63) is 71.8 Å². The lowest BCUT2D eigenvalue weighted by Crippen LogP contribution is -2.28. The van der Waals surface area contributed by atoms with Gasteiger partial charge in [-0.3, -0.25) is 9.59 Å². The molecule has 2 heterocycles. The molecule has 0 bridgehead atoms. The van der Waals surface area contributed by atoms with Gasteiger partial charge in [-0.15, -0.1) is 0 Å². The molecule has 1 atom stereocenters. The first-order chi connectivity index (χ1) is 14.9. The van der Waals surface area contributed by atoms with Crippen molar-refractivity contribution in [2.24, 2.45) is 5.92 Å². The fourth-order valence-corrected chi connectivity index (χ4v) is 3.97. The SMILES string of the molecule is COc1ccc(NC(=O)[C@H]2CC(=O)N(c3ccc(F)cc3)C2)c(-n2c(C)ccc2C)c1. The molecule has 1 aromatic heterocycles. The van der Waals surface area contributed by atoms with Crippen LogP contribution in [0.15, 0.2) is 54.6 Å². The standard InChI is InChI=1S/C24H24FN3O3/c1-15-4-5-16(2)28(15)22-13-20(31-3)10-11-21(22)26-24(30)17-12-23(29)27(14-17)19-8-6-18(25)7-9-19/h4-11,13,17H,12,14H2,1-3H3,(H,26,30)/t17-/m0/s1. The largest absolute Gasteiger partial charge is 0.497 e. The van der Waals surface area contributed by atoms with Gasteiger partial charge in [0, 0.05) is 36.1 Å². The van der Waals surface area contributed by atoms with E-state index in [-0.39, 0.29) is 30.6 Å². The Hall–Kier alpha value is -3.61. The maximum absolute atomic E-state index is 13.2. The van der Waals surface area contributed by atoms with Gasteiger partial charge < -0.3 is 19.5 Å². The first-order valence-electron chi connectivity index (χ1n) is 10.1. The van der Waals surface area contributed by atoms with E-state index in [4.69, 9.17) is 4.74 Å². The summed E-state index contributed by atoms with van der Waals surface area (Å²) < 4.78 is 20.6. The summed E-state index contributed by atoms with van der Waals surface area (Å²) in [5, 5.41) is 2.99. The number of carbonyl (C=O) groups is 2. The lowest BCUT2D eigenvalue weighted by Gasteiger charge is -2.19. The van der Waals surface area contributed by atoms with Gasteiger partial charge in [0.15, 0.2) is 0 Å². The van der Waals surface area contributed by atoms with Crippen LogP contribution in [0.25, 0.3) is 5.69 Å². The number of methoxy groups -OCH3 is 1. The molecule has 0 aliphatic carbocycles. The highest BCUT2D eigenvalue weighted by atomic mass is 19.1. The van der Waals surface area contributed by atoms with Crippen LogP contribution in [-0.4, -0.2) is 30.0 Å². The predicted octanol–water partition coefficient (Wildman–Crippen LogP) is 4.23. The summed E-state index contributed by atoms with van der Waals surface area (Å²) in [5.74, 6) is -0.573. The van der Waals surface area contributed by atoms with Crippen molar-refractivity contribution in [2.45, 2.75) is 20.3 Å². The van der Waals surface area contributed by atoms with Gasteiger partial charge in [0.05, 0.1) is 24.4 Å². The highest BCUT2D eigenvalue weighted by molar-refractivity contribution is 6.04. The van der Waals surface area contributed by atoms with Gasteiger partial charge in [0.25, 0.3) is 0 Å². The highest BCUT2D eigenvalue weighted by Gasteiger charge is 2.35. The zero-order chi connectivity index (χ0) is 22.1. The second-order valence-electron chi connectivity index (χ2n) is 7.71. The third-order valence-electron chi connectivity index (χ3n) is 5.61. The van der Waals surface area contributed by atoms with Gasteiger partial charge in [0.1, 0.15) is 11.6 Å². The molecule has 1 saturated heterocycles. The Bertz CT molecular complexity index is 1120. The number of aromatic nitrogens is 1. The number of amides is 2. The van der Waals surface area contributed by atoms with E-state index in [2.05, 4.69) is 5.32 Å². The van der Waals surface area contributed by atoms with E-state index < -0.39 is 5.92 Å². The Morgan fingerprint density at radius 1 is 1.06 bits per heavy atom. The maximum atomic E-state index is 13.2. The second kappa shape index (κ2) is 8.26. The van der Waals surface area contributed by atoms with Gasteiger partial charge in [-0.2, -0.15) is 0 Å². The summed E-state index contributed by atoms with van der Waals surface area (Å²) in [6.07, 6.45) is 0.107. The number of ether oxygens (including phenoxy) is 1. The molecule has 1 aliphatic rings. The molecule has 160 valence electrons. The zero-order valence-electron chi connectivity index (χ0n) is 17.7. The number of hydrogen-bond acceptors (Lipinski definition) is 3. The summed E-state index contributed by atoms with van der Waals surface area (Å²) in [6, 6.07) is 15.2. The second-order valence-corrected chi connectivity index (χ2v) is 7.71. The Morgan fingerprint density at radius 2 is 1.74 bits per heavy atom. The normalized spacial score (nSPS) is 15.9. The Balaban J connectivity index is 1.58. The minimum absolute atomic E-state index is 0.107. The van der Waals surface area contributed by atoms with Crippen LogP contribution < -0.4 is 15.0 Å². The third kappa shape index (κ3) is 4.03. The average molecular weight is 421 g/mol. The van der Waals surface area contributed by atoms with Crippen LogP contribution in [0.5, 0.6) is 5.75 Å². The minimum atomic E-state index is -0.501. The molecular weight excluding hydrogens is 397 g/mol. The average Bonchev–Trinajstić information content (AvgIpc) is 3.31. The van der Waals surface area contributed by atoms with E-state index >= 15 is 0 Å². The number of halogens is 1. The van der Waals surface area contributed by atoms with Crippen molar-refractivity contribution in [3.63, 3.8) is 0 Å². The third-order valence-corrected chi connectivity index (χ3v) is 5.61. The fourth-order valence-electron chi connectivity index (χ4n) is 3.97. The summed E-state index contributed by atoms with van der Waals surface area (Å²) in [7, 11) is 1.60. The number of nitrogens with zero attached hydrogens (tertiary/aromatic N) is 2. The van der Waals surface area contributed by atoms with Gasteiger partial charge in [0.2, 0.25) is 11.8 Å². The quantitative estimate of drug-likeness (QED) is 0.671. The Morgan fingerprint density at radius 3 is 2.39 bits per heavy atom. The first-order valence-corrected chi connectivity index (χ1v) is 10.1. The topological polar surface area (TPSA) is 63.6 Å². The van der Waals surface area contributed by atoms with E-state index in [0.29, 0.717) is 17.1 Å². The molecule has 0 spiro atoms. The van der Waals surface area contributed by atoms with Crippen molar-refractivity contribution >= 4 is 23.2 Å². The number of carbonyl (C=O) groups excluding carboxylic acids is 2. The first kappa shape index (κ1) is 20.7. The molecule has 0 unspecified atom stereocenters. The summed E-state index contributed by atoms with van der Waals surface area (Å²) in [4.78, 5) is 27.1. The van der Waals surface area contributed by atoms with Crippen molar-refractivity contribution < 1.29 is 18.7 Å². The number of aryl methyl sites for hydroxylation is 2. The lowest BCUT2D eigenvalue weighted by molar-refractivity contribution is -0.122. The predicted molar refractivity (Wildman–Crippen MR) is 117 cm³/mol. The molecule has 3 aromatic rings. The molecule has 31 heavy (non-hydrogen) atoms. The molecule has 0 saturated carbocycles. The Kier molecular flexibility index (Phi) is 5.50. The van der Waals surface area contributed by atoms with Crippen LogP contribution in [0.2, 0.25) is 0 Å². The molecule has 2 amide bonds. The zero-order valence-corrected chi connectivity index (χ0v) is 17.7.